The van der Waals surface area contributed by atoms with Crippen LogP contribution in [0.2, 0.25) is 0 Å². The quantitative estimate of drug-likeness (QED) is 0.854. The summed E-state index contributed by atoms with van der Waals surface area (Å²) in [5, 5.41) is 13.2. The van der Waals surface area contributed by atoms with E-state index in [9.17, 15) is 0 Å². The zero-order chi connectivity index (χ0) is 13.5. The van der Waals surface area contributed by atoms with Crippen molar-refractivity contribution in [2.75, 3.05) is 31.1 Å². The van der Waals surface area contributed by atoms with Gasteiger partial charge in [-0.15, -0.1) is 21.5 Å². The molecule has 3 saturated heterocycles. The molecule has 106 valence electrons. The maximum atomic E-state index is 4.47. The highest BCUT2D eigenvalue weighted by atomic mass is 32.1. The molecule has 5 rings (SSSR count). The third kappa shape index (κ3) is 2.25. The van der Waals surface area contributed by atoms with Crippen molar-refractivity contribution in [2.45, 2.75) is 25.8 Å². The first-order valence-electron chi connectivity index (χ1n) is 7.17. The van der Waals surface area contributed by atoms with Gasteiger partial charge in [-0.25, -0.2) is 0 Å². The van der Waals surface area contributed by atoms with E-state index in [4.69, 9.17) is 0 Å². The van der Waals surface area contributed by atoms with Crippen LogP contribution in [-0.4, -0.2) is 47.3 Å². The van der Waals surface area contributed by atoms with Gasteiger partial charge in [0.25, 0.3) is 0 Å². The number of nitrogens with zero attached hydrogens (tertiary/aromatic N) is 4. The molecule has 3 fully saturated rings. The van der Waals surface area contributed by atoms with E-state index in [-0.39, 0.29) is 0 Å². The SMILES string of the molecule is Cc1csc(-c2nnc(N3CCN4CCC3CC4)s2)c1. The minimum Gasteiger partial charge on any atom is -0.342 e. The van der Waals surface area contributed by atoms with Gasteiger partial charge in [0.2, 0.25) is 5.13 Å². The predicted octanol–water partition coefficient (Wildman–Crippen LogP) is 2.86. The molecule has 0 N–H and O–H groups in total. The number of fused-ring (bicyclic) bond motifs is 4. The largest absolute Gasteiger partial charge is 0.342 e. The Labute approximate surface area is 127 Å². The molecule has 20 heavy (non-hydrogen) atoms. The van der Waals surface area contributed by atoms with E-state index in [1.807, 2.05) is 0 Å². The van der Waals surface area contributed by atoms with Crippen LogP contribution in [0, 0.1) is 6.92 Å². The number of aromatic nitrogens is 2. The average molecular weight is 306 g/mol. The van der Waals surface area contributed by atoms with Gasteiger partial charge in [-0.05, 0) is 36.8 Å². The number of hydrogen-bond donors (Lipinski definition) is 0. The second-order valence-corrected chi connectivity index (χ2v) is 7.51. The smallest absolute Gasteiger partial charge is 0.208 e. The predicted molar refractivity (Wildman–Crippen MR) is 84.8 cm³/mol. The number of rotatable bonds is 2. The molecule has 3 aliphatic heterocycles. The first-order valence-corrected chi connectivity index (χ1v) is 8.87. The van der Waals surface area contributed by atoms with Crippen molar-refractivity contribution in [1.29, 1.82) is 0 Å². The third-order valence-corrected chi connectivity index (χ3v) is 6.43. The topological polar surface area (TPSA) is 32.3 Å². The Morgan fingerprint density at radius 2 is 2.00 bits per heavy atom. The highest BCUT2D eigenvalue weighted by Crippen LogP contribution is 2.35. The minimum atomic E-state index is 0.666. The Bertz CT molecular complexity index is 598. The Hall–Kier alpha value is -0.980. The molecule has 0 atom stereocenters. The van der Waals surface area contributed by atoms with Gasteiger partial charge in [-0.1, -0.05) is 11.3 Å². The molecule has 0 amide bonds. The van der Waals surface area contributed by atoms with E-state index >= 15 is 0 Å². The van der Waals surface area contributed by atoms with E-state index in [2.05, 4.69) is 38.4 Å². The Balaban J connectivity index is 1.61. The molecule has 2 bridgehead atoms. The highest BCUT2D eigenvalue weighted by molar-refractivity contribution is 7.23. The van der Waals surface area contributed by atoms with Crippen molar-refractivity contribution >= 4 is 27.8 Å². The molecule has 4 nitrogen and oxygen atoms in total. The fourth-order valence-electron chi connectivity index (χ4n) is 3.11. The van der Waals surface area contributed by atoms with Crippen LogP contribution in [0.15, 0.2) is 11.4 Å². The summed E-state index contributed by atoms with van der Waals surface area (Å²) >= 11 is 3.51. The molecule has 5 heterocycles. The summed E-state index contributed by atoms with van der Waals surface area (Å²) in [5.74, 6) is 0. The summed E-state index contributed by atoms with van der Waals surface area (Å²) in [6.07, 6.45) is 2.54. The first-order chi connectivity index (χ1) is 9.79. The lowest BCUT2D eigenvalue weighted by molar-refractivity contribution is 0.250. The Morgan fingerprint density at radius 1 is 1.15 bits per heavy atom. The number of thiophene rings is 1. The Kier molecular flexibility index (Phi) is 3.24. The van der Waals surface area contributed by atoms with Crippen molar-refractivity contribution in [3.8, 4) is 9.88 Å². The lowest BCUT2D eigenvalue weighted by atomic mass is 10.1. The summed E-state index contributed by atoms with van der Waals surface area (Å²) in [6.45, 7) is 6.89. The molecule has 0 saturated carbocycles. The van der Waals surface area contributed by atoms with Crippen LogP contribution in [0.1, 0.15) is 18.4 Å². The third-order valence-electron chi connectivity index (χ3n) is 4.26. The average Bonchev–Trinajstić information content (AvgIpc) is 3.01. The fraction of sp³-hybridized carbons (Fsp3) is 0.571. The van der Waals surface area contributed by atoms with Crippen LogP contribution in [0.5, 0.6) is 0 Å². The molecule has 3 aliphatic rings. The van der Waals surface area contributed by atoms with Gasteiger partial charge >= 0.3 is 0 Å². The van der Waals surface area contributed by atoms with Crippen LogP contribution in [0.3, 0.4) is 0 Å². The van der Waals surface area contributed by atoms with Gasteiger partial charge in [-0.3, -0.25) is 0 Å². The summed E-state index contributed by atoms with van der Waals surface area (Å²) < 4.78 is 0. The number of anilines is 1. The summed E-state index contributed by atoms with van der Waals surface area (Å²) in [4.78, 5) is 6.31. The van der Waals surface area contributed by atoms with Crippen LogP contribution < -0.4 is 4.90 Å². The zero-order valence-corrected chi connectivity index (χ0v) is 13.2. The van der Waals surface area contributed by atoms with Gasteiger partial charge in [0.15, 0.2) is 5.01 Å². The molecule has 0 unspecified atom stereocenters. The van der Waals surface area contributed by atoms with Crippen molar-refractivity contribution in [2.24, 2.45) is 0 Å². The van der Waals surface area contributed by atoms with Crippen LogP contribution in [-0.2, 0) is 0 Å². The highest BCUT2D eigenvalue weighted by Gasteiger charge is 2.30. The lowest BCUT2D eigenvalue weighted by Crippen LogP contribution is -2.37. The van der Waals surface area contributed by atoms with Gasteiger partial charge in [0.1, 0.15) is 0 Å². The maximum absolute atomic E-state index is 4.47. The lowest BCUT2D eigenvalue weighted by Gasteiger charge is -2.30. The molecule has 0 radical (unpaired) electrons. The minimum absolute atomic E-state index is 0.666. The molecule has 0 spiro atoms. The van der Waals surface area contributed by atoms with Gasteiger partial charge in [0.05, 0.1) is 4.88 Å². The number of hydrogen-bond acceptors (Lipinski definition) is 6. The van der Waals surface area contributed by atoms with E-state index in [0.29, 0.717) is 6.04 Å². The zero-order valence-electron chi connectivity index (χ0n) is 11.6. The van der Waals surface area contributed by atoms with Gasteiger partial charge in [-0.2, -0.15) is 0 Å². The number of piperidine rings is 1. The van der Waals surface area contributed by atoms with Crippen molar-refractivity contribution in [3.63, 3.8) is 0 Å². The van der Waals surface area contributed by atoms with Gasteiger partial charge in [0, 0.05) is 32.2 Å². The van der Waals surface area contributed by atoms with Crippen molar-refractivity contribution in [3.05, 3.63) is 17.0 Å². The van der Waals surface area contributed by atoms with Crippen molar-refractivity contribution < 1.29 is 0 Å². The summed E-state index contributed by atoms with van der Waals surface area (Å²) in [6, 6.07) is 2.87. The second-order valence-electron chi connectivity index (χ2n) is 5.64. The molecule has 2 aromatic heterocycles. The van der Waals surface area contributed by atoms with E-state index in [1.54, 1.807) is 22.7 Å². The molecule has 0 aromatic carbocycles. The Morgan fingerprint density at radius 3 is 2.75 bits per heavy atom. The van der Waals surface area contributed by atoms with E-state index in [0.717, 1.165) is 16.7 Å². The molecule has 6 heteroatoms. The fourth-order valence-corrected chi connectivity index (χ4v) is 5.01. The standard InChI is InChI=1S/C14H18N4S2/c1-10-8-12(19-9-10)13-15-16-14(20-13)18-7-6-17-4-2-11(18)3-5-17/h8-9,11H,2-7H2,1H3. The molecule has 0 aliphatic carbocycles. The summed E-state index contributed by atoms with van der Waals surface area (Å²) in [7, 11) is 0. The monoisotopic (exact) mass is 306 g/mol. The summed E-state index contributed by atoms with van der Waals surface area (Å²) in [5.41, 5.74) is 1.31. The van der Waals surface area contributed by atoms with Gasteiger partial charge < -0.3 is 9.80 Å². The van der Waals surface area contributed by atoms with Crippen LogP contribution in [0.4, 0.5) is 5.13 Å². The van der Waals surface area contributed by atoms with Crippen molar-refractivity contribution in [1.82, 2.24) is 15.1 Å². The molecular formula is C14H18N4S2. The van der Waals surface area contributed by atoms with Crippen LogP contribution >= 0.6 is 22.7 Å². The van der Waals surface area contributed by atoms with Crippen LogP contribution in [0.25, 0.3) is 9.88 Å². The van der Waals surface area contributed by atoms with E-state index < -0.39 is 0 Å². The second kappa shape index (κ2) is 5.09. The molecular weight excluding hydrogens is 288 g/mol. The first kappa shape index (κ1) is 12.7. The molecule has 2 aromatic rings. The number of aryl methyl sites for hydroxylation is 1. The van der Waals surface area contributed by atoms with E-state index in [1.165, 1.54) is 42.9 Å². The maximum Gasteiger partial charge on any atom is 0.208 e. The normalized spacial score (nSPS) is 25.9.